The van der Waals surface area contributed by atoms with Crippen molar-refractivity contribution in [1.29, 1.82) is 0 Å². The van der Waals surface area contributed by atoms with Gasteiger partial charge in [0, 0.05) is 18.1 Å². The van der Waals surface area contributed by atoms with Crippen LogP contribution in [0.1, 0.15) is 71.6 Å². The smallest absolute Gasteiger partial charge is 0.312 e. The van der Waals surface area contributed by atoms with Gasteiger partial charge in [-0.3, -0.25) is 9.59 Å². The fraction of sp³-hybridized carbons (Fsp3) is 0.875. The monoisotopic (exact) mass is 280 g/mol. The Morgan fingerprint density at radius 2 is 1.40 bits per heavy atom. The van der Waals surface area contributed by atoms with Crippen LogP contribution in [0.4, 0.5) is 0 Å². The Morgan fingerprint density at radius 3 is 1.95 bits per heavy atom. The Morgan fingerprint density at radius 1 is 0.850 bits per heavy atom. The Kier molecular flexibility index (Phi) is 5.44. The molecule has 0 aromatic heterocycles. The SMILES string of the molecule is CC1CCCC(C)N1C(=O)C(=O)NC1CCCCCC1. The number of hydrogen-bond acceptors (Lipinski definition) is 2. The van der Waals surface area contributed by atoms with Crippen LogP contribution in [0.2, 0.25) is 0 Å². The molecule has 2 unspecified atom stereocenters. The van der Waals surface area contributed by atoms with Gasteiger partial charge in [0.15, 0.2) is 0 Å². The maximum absolute atomic E-state index is 12.4. The van der Waals surface area contributed by atoms with E-state index in [4.69, 9.17) is 0 Å². The Hall–Kier alpha value is -1.06. The molecular weight excluding hydrogens is 252 g/mol. The van der Waals surface area contributed by atoms with E-state index in [0.717, 1.165) is 44.9 Å². The number of rotatable bonds is 1. The van der Waals surface area contributed by atoms with Crippen LogP contribution in [0.5, 0.6) is 0 Å². The largest absolute Gasteiger partial charge is 0.345 e. The third-order valence-corrected chi connectivity index (χ3v) is 4.81. The summed E-state index contributed by atoms with van der Waals surface area (Å²) in [6, 6.07) is 0.571. The number of carbonyl (C=O) groups is 2. The summed E-state index contributed by atoms with van der Waals surface area (Å²) < 4.78 is 0. The molecule has 0 spiro atoms. The fourth-order valence-electron chi connectivity index (χ4n) is 3.61. The third kappa shape index (κ3) is 3.74. The zero-order valence-corrected chi connectivity index (χ0v) is 12.9. The molecule has 2 atom stereocenters. The van der Waals surface area contributed by atoms with E-state index < -0.39 is 5.91 Å². The van der Waals surface area contributed by atoms with E-state index in [1.165, 1.54) is 12.8 Å². The van der Waals surface area contributed by atoms with Crippen molar-refractivity contribution in [2.75, 3.05) is 0 Å². The maximum Gasteiger partial charge on any atom is 0.312 e. The van der Waals surface area contributed by atoms with Gasteiger partial charge in [-0.25, -0.2) is 0 Å². The average Bonchev–Trinajstić information content (AvgIpc) is 2.67. The minimum absolute atomic E-state index is 0.186. The molecular formula is C16H28N2O2. The Bertz CT molecular complexity index is 338. The van der Waals surface area contributed by atoms with Crippen LogP contribution in [0, 0.1) is 0 Å². The lowest BCUT2D eigenvalue weighted by molar-refractivity contribution is -0.150. The molecule has 2 rings (SSSR count). The van der Waals surface area contributed by atoms with Crippen LogP contribution in [0.25, 0.3) is 0 Å². The summed E-state index contributed by atoms with van der Waals surface area (Å²) in [5, 5.41) is 2.97. The van der Waals surface area contributed by atoms with Gasteiger partial charge in [0.1, 0.15) is 0 Å². The predicted octanol–water partition coefficient (Wildman–Crippen LogP) is 2.61. The van der Waals surface area contributed by atoms with Crippen molar-refractivity contribution in [2.24, 2.45) is 0 Å². The summed E-state index contributed by atoms with van der Waals surface area (Å²) in [6.45, 7) is 4.10. The molecule has 1 aliphatic heterocycles. The van der Waals surface area contributed by atoms with Crippen LogP contribution >= 0.6 is 0 Å². The van der Waals surface area contributed by atoms with E-state index >= 15 is 0 Å². The van der Waals surface area contributed by atoms with Crippen LogP contribution in [-0.2, 0) is 9.59 Å². The summed E-state index contributed by atoms with van der Waals surface area (Å²) in [7, 11) is 0. The molecule has 0 bridgehead atoms. The molecule has 1 saturated carbocycles. The zero-order valence-electron chi connectivity index (χ0n) is 12.9. The number of nitrogens with one attached hydrogen (secondary N) is 1. The van der Waals surface area contributed by atoms with E-state index in [9.17, 15) is 9.59 Å². The standard InChI is InChI=1S/C16H28N2O2/c1-12-8-7-9-13(2)18(12)16(20)15(19)17-14-10-5-3-4-6-11-14/h12-14H,3-11H2,1-2H3,(H,17,19). The molecule has 1 N–H and O–H groups in total. The van der Waals surface area contributed by atoms with E-state index in [-0.39, 0.29) is 24.0 Å². The third-order valence-electron chi connectivity index (χ3n) is 4.81. The summed E-state index contributed by atoms with van der Waals surface area (Å²) in [6.07, 6.45) is 10.0. The van der Waals surface area contributed by atoms with Crippen molar-refractivity contribution in [1.82, 2.24) is 10.2 Å². The molecule has 2 aliphatic rings. The normalized spacial score (nSPS) is 28.8. The molecule has 2 amide bonds. The lowest BCUT2D eigenvalue weighted by atomic mass is 9.97. The van der Waals surface area contributed by atoms with Crippen molar-refractivity contribution in [3.63, 3.8) is 0 Å². The predicted molar refractivity (Wildman–Crippen MR) is 79.3 cm³/mol. The molecule has 2 fully saturated rings. The number of carbonyl (C=O) groups excluding carboxylic acids is 2. The summed E-state index contributed by atoms with van der Waals surface area (Å²) in [4.78, 5) is 26.4. The van der Waals surface area contributed by atoms with Crippen molar-refractivity contribution in [3.8, 4) is 0 Å². The number of amides is 2. The highest BCUT2D eigenvalue weighted by atomic mass is 16.2. The van der Waals surface area contributed by atoms with E-state index in [2.05, 4.69) is 5.32 Å². The first-order chi connectivity index (χ1) is 9.59. The highest BCUT2D eigenvalue weighted by Crippen LogP contribution is 2.23. The van der Waals surface area contributed by atoms with Crippen LogP contribution < -0.4 is 5.32 Å². The van der Waals surface area contributed by atoms with Gasteiger partial charge < -0.3 is 10.2 Å². The molecule has 1 saturated heterocycles. The van der Waals surface area contributed by atoms with Gasteiger partial charge in [0.25, 0.3) is 0 Å². The second-order valence-corrected chi connectivity index (χ2v) is 6.50. The molecule has 1 heterocycles. The first-order valence-corrected chi connectivity index (χ1v) is 8.22. The number of hydrogen-bond donors (Lipinski definition) is 1. The van der Waals surface area contributed by atoms with Crippen molar-refractivity contribution in [3.05, 3.63) is 0 Å². The summed E-state index contributed by atoms with van der Waals surface area (Å²) in [5.74, 6) is -0.716. The van der Waals surface area contributed by atoms with Gasteiger partial charge in [-0.15, -0.1) is 0 Å². The average molecular weight is 280 g/mol. The number of nitrogens with zero attached hydrogens (tertiary/aromatic N) is 1. The lowest BCUT2D eigenvalue weighted by Crippen LogP contribution is -2.54. The quantitative estimate of drug-likeness (QED) is 0.593. The van der Waals surface area contributed by atoms with Gasteiger partial charge in [-0.1, -0.05) is 25.7 Å². The van der Waals surface area contributed by atoms with Crippen LogP contribution in [-0.4, -0.2) is 34.8 Å². The molecule has 1 aliphatic carbocycles. The minimum atomic E-state index is -0.391. The van der Waals surface area contributed by atoms with E-state index in [1.54, 1.807) is 4.90 Å². The molecule has 114 valence electrons. The van der Waals surface area contributed by atoms with Crippen LogP contribution in [0.3, 0.4) is 0 Å². The second kappa shape index (κ2) is 7.09. The summed E-state index contributed by atoms with van der Waals surface area (Å²) >= 11 is 0. The zero-order chi connectivity index (χ0) is 14.5. The van der Waals surface area contributed by atoms with Gasteiger partial charge >= 0.3 is 11.8 Å². The van der Waals surface area contributed by atoms with Crippen molar-refractivity contribution < 1.29 is 9.59 Å². The minimum Gasteiger partial charge on any atom is -0.345 e. The molecule has 4 heteroatoms. The Labute approximate surface area is 122 Å². The van der Waals surface area contributed by atoms with E-state index in [0.29, 0.717) is 0 Å². The molecule has 0 aromatic carbocycles. The van der Waals surface area contributed by atoms with Crippen molar-refractivity contribution in [2.45, 2.75) is 89.8 Å². The van der Waals surface area contributed by atoms with E-state index in [1.807, 2.05) is 13.8 Å². The van der Waals surface area contributed by atoms with Crippen molar-refractivity contribution >= 4 is 11.8 Å². The fourth-order valence-corrected chi connectivity index (χ4v) is 3.61. The number of likely N-dealkylation sites (tertiary alicyclic amines) is 1. The van der Waals surface area contributed by atoms with Crippen LogP contribution in [0.15, 0.2) is 0 Å². The molecule has 0 radical (unpaired) electrons. The number of piperidine rings is 1. The van der Waals surface area contributed by atoms with Gasteiger partial charge in [-0.05, 0) is 46.0 Å². The first-order valence-electron chi connectivity index (χ1n) is 8.22. The highest BCUT2D eigenvalue weighted by molar-refractivity contribution is 6.35. The van der Waals surface area contributed by atoms with Gasteiger partial charge in [0.2, 0.25) is 0 Å². The highest BCUT2D eigenvalue weighted by Gasteiger charge is 2.33. The molecule has 20 heavy (non-hydrogen) atoms. The van der Waals surface area contributed by atoms with Gasteiger partial charge in [-0.2, -0.15) is 0 Å². The molecule has 4 nitrogen and oxygen atoms in total. The second-order valence-electron chi connectivity index (χ2n) is 6.50. The first kappa shape index (κ1) is 15.3. The van der Waals surface area contributed by atoms with Gasteiger partial charge in [0.05, 0.1) is 0 Å². The Balaban J connectivity index is 1.91. The lowest BCUT2D eigenvalue weighted by Gasteiger charge is -2.38. The summed E-state index contributed by atoms with van der Waals surface area (Å²) in [5.41, 5.74) is 0. The topological polar surface area (TPSA) is 49.4 Å². The molecule has 0 aromatic rings. The maximum atomic E-state index is 12.4.